The zero-order valence-electron chi connectivity index (χ0n) is 12.4. The predicted octanol–water partition coefficient (Wildman–Crippen LogP) is 3.58. The Morgan fingerprint density at radius 1 is 1.16 bits per heavy atom. The van der Waals surface area contributed by atoms with Gasteiger partial charge in [0.15, 0.2) is 0 Å². The molecule has 0 fully saturated rings. The van der Waals surface area contributed by atoms with Crippen LogP contribution >= 0.6 is 0 Å². The molecule has 2 N–H and O–H groups in total. The zero-order valence-corrected chi connectivity index (χ0v) is 12.4. The average molecular weight is 266 g/mol. The number of halogens is 1. The summed E-state index contributed by atoms with van der Waals surface area (Å²) in [5, 5.41) is 0. The van der Waals surface area contributed by atoms with Crippen molar-refractivity contribution in [2.45, 2.75) is 39.7 Å². The summed E-state index contributed by atoms with van der Waals surface area (Å²) >= 11 is 0. The molecule has 2 nitrogen and oxygen atoms in total. The highest BCUT2D eigenvalue weighted by Gasteiger charge is 2.14. The number of benzene rings is 1. The van der Waals surface area contributed by atoms with Gasteiger partial charge in [0.1, 0.15) is 5.82 Å². The van der Waals surface area contributed by atoms with Gasteiger partial charge in [0.2, 0.25) is 0 Å². The lowest BCUT2D eigenvalue weighted by atomic mass is 10.0. The van der Waals surface area contributed by atoms with Crippen molar-refractivity contribution in [1.29, 1.82) is 0 Å². The van der Waals surface area contributed by atoms with Crippen molar-refractivity contribution in [1.82, 2.24) is 4.90 Å². The molecule has 108 valence electrons. The fourth-order valence-electron chi connectivity index (χ4n) is 2.37. The van der Waals surface area contributed by atoms with Gasteiger partial charge in [0.05, 0.1) is 0 Å². The summed E-state index contributed by atoms with van der Waals surface area (Å²) in [5.41, 5.74) is 7.07. The Bertz CT molecular complexity index is 364. The molecule has 0 saturated carbocycles. The molecule has 0 aromatic heterocycles. The van der Waals surface area contributed by atoms with E-state index >= 15 is 0 Å². The summed E-state index contributed by atoms with van der Waals surface area (Å²) in [4.78, 5) is 2.37. The van der Waals surface area contributed by atoms with Gasteiger partial charge < -0.3 is 10.6 Å². The van der Waals surface area contributed by atoms with Crippen molar-refractivity contribution in [2.75, 3.05) is 19.6 Å². The Labute approximate surface area is 116 Å². The molecular weight excluding hydrogens is 239 g/mol. The van der Waals surface area contributed by atoms with E-state index in [4.69, 9.17) is 5.73 Å². The van der Waals surface area contributed by atoms with Gasteiger partial charge in [-0.15, -0.1) is 0 Å². The van der Waals surface area contributed by atoms with E-state index in [9.17, 15) is 4.39 Å². The average Bonchev–Trinajstić information content (AvgIpc) is 2.43. The quantitative estimate of drug-likeness (QED) is 0.779. The fourth-order valence-corrected chi connectivity index (χ4v) is 2.37. The standard InChI is InChI=1S/C16H27FN2/c1-4-13(5-2)11-19(6-3)12-16(18)14-8-7-9-15(17)10-14/h7-10,13,16H,4-6,11-12,18H2,1-3H3. The molecule has 1 aromatic carbocycles. The maximum atomic E-state index is 13.2. The van der Waals surface area contributed by atoms with Gasteiger partial charge in [-0.1, -0.05) is 45.7 Å². The first-order valence-corrected chi connectivity index (χ1v) is 7.34. The van der Waals surface area contributed by atoms with Crippen molar-refractivity contribution < 1.29 is 4.39 Å². The van der Waals surface area contributed by atoms with Crippen LogP contribution in [-0.4, -0.2) is 24.5 Å². The summed E-state index contributed by atoms with van der Waals surface area (Å²) in [7, 11) is 0. The SMILES string of the molecule is CCC(CC)CN(CC)CC(N)c1cccc(F)c1. The molecule has 0 aliphatic carbocycles. The lowest BCUT2D eigenvalue weighted by Gasteiger charge is -2.28. The maximum Gasteiger partial charge on any atom is 0.123 e. The van der Waals surface area contributed by atoms with Gasteiger partial charge >= 0.3 is 0 Å². The second-order valence-corrected chi connectivity index (χ2v) is 5.20. The largest absolute Gasteiger partial charge is 0.323 e. The summed E-state index contributed by atoms with van der Waals surface area (Å²) in [6, 6.07) is 6.50. The van der Waals surface area contributed by atoms with Gasteiger partial charge in [-0.3, -0.25) is 0 Å². The van der Waals surface area contributed by atoms with Gasteiger partial charge in [-0.2, -0.15) is 0 Å². The summed E-state index contributed by atoms with van der Waals surface area (Å²) < 4.78 is 13.2. The Hall–Kier alpha value is -0.930. The van der Waals surface area contributed by atoms with Crippen LogP contribution in [0.4, 0.5) is 4.39 Å². The summed E-state index contributed by atoms with van der Waals surface area (Å²) in [5.74, 6) is 0.510. The molecule has 0 amide bonds. The number of nitrogens with zero attached hydrogens (tertiary/aromatic N) is 1. The highest BCUT2D eigenvalue weighted by atomic mass is 19.1. The molecule has 0 heterocycles. The third-order valence-electron chi connectivity index (χ3n) is 3.85. The predicted molar refractivity (Wildman–Crippen MR) is 79.5 cm³/mol. The first-order chi connectivity index (χ1) is 9.10. The lowest BCUT2D eigenvalue weighted by Crippen LogP contribution is -2.35. The number of nitrogens with two attached hydrogens (primary N) is 1. The molecule has 3 heteroatoms. The van der Waals surface area contributed by atoms with Crippen molar-refractivity contribution >= 4 is 0 Å². The van der Waals surface area contributed by atoms with Crippen molar-refractivity contribution in [3.63, 3.8) is 0 Å². The van der Waals surface area contributed by atoms with Crippen molar-refractivity contribution in [3.8, 4) is 0 Å². The first kappa shape index (κ1) is 16.1. The normalized spacial score (nSPS) is 13.2. The van der Waals surface area contributed by atoms with E-state index in [1.807, 2.05) is 6.07 Å². The molecule has 19 heavy (non-hydrogen) atoms. The smallest absolute Gasteiger partial charge is 0.123 e. The van der Waals surface area contributed by atoms with Crippen LogP contribution < -0.4 is 5.73 Å². The molecule has 0 saturated heterocycles. The van der Waals surface area contributed by atoms with Crippen LogP contribution in [0, 0.1) is 11.7 Å². The first-order valence-electron chi connectivity index (χ1n) is 7.34. The number of hydrogen-bond acceptors (Lipinski definition) is 2. The lowest BCUT2D eigenvalue weighted by molar-refractivity contribution is 0.221. The third kappa shape index (κ3) is 5.29. The van der Waals surface area contributed by atoms with Crippen LogP contribution in [0.2, 0.25) is 0 Å². The highest BCUT2D eigenvalue weighted by Crippen LogP contribution is 2.16. The minimum atomic E-state index is -0.212. The number of likely N-dealkylation sites (N-methyl/N-ethyl adjacent to an activating group) is 1. The van der Waals surface area contributed by atoms with Crippen molar-refractivity contribution in [2.24, 2.45) is 11.7 Å². The van der Waals surface area contributed by atoms with Crippen LogP contribution in [0.15, 0.2) is 24.3 Å². The Kier molecular flexibility index (Phi) is 7.03. The molecule has 1 atom stereocenters. The molecule has 1 aromatic rings. The molecule has 0 aliphatic heterocycles. The van der Waals surface area contributed by atoms with E-state index in [2.05, 4.69) is 25.7 Å². The van der Waals surface area contributed by atoms with Crippen LogP contribution in [0.3, 0.4) is 0 Å². The molecule has 1 rings (SSSR count). The summed E-state index contributed by atoms with van der Waals surface area (Å²) in [6.45, 7) is 9.46. The molecule has 0 aliphatic rings. The van der Waals surface area contributed by atoms with Gasteiger partial charge in [0, 0.05) is 19.1 Å². The Morgan fingerprint density at radius 2 is 1.84 bits per heavy atom. The van der Waals surface area contributed by atoms with E-state index in [1.54, 1.807) is 6.07 Å². The van der Waals surface area contributed by atoms with Gasteiger partial charge in [-0.25, -0.2) is 4.39 Å². The van der Waals surface area contributed by atoms with Gasteiger partial charge in [-0.05, 0) is 30.2 Å². The van der Waals surface area contributed by atoms with Crippen LogP contribution in [0.1, 0.15) is 45.2 Å². The molecule has 0 spiro atoms. The zero-order chi connectivity index (χ0) is 14.3. The Balaban J connectivity index is 2.60. The number of hydrogen-bond donors (Lipinski definition) is 1. The monoisotopic (exact) mass is 266 g/mol. The Morgan fingerprint density at radius 3 is 2.37 bits per heavy atom. The minimum absolute atomic E-state index is 0.120. The number of rotatable bonds is 8. The van der Waals surface area contributed by atoms with Crippen LogP contribution in [0.5, 0.6) is 0 Å². The summed E-state index contributed by atoms with van der Waals surface area (Å²) in [6.07, 6.45) is 2.39. The van der Waals surface area contributed by atoms with Crippen molar-refractivity contribution in [3.05, 3.63) is 35.6 Å². The second-order valence-electron chi connectivity index (χ2n) is 5.20. The third-order valence-corrected chi connectivity index (χ3v) is 3.85. The van der Waals surface area contributed by atoms with E-state index < -0.39 is 0 Å². The molecular formula is C16H27FN2. The van der Waals surface area contributed by atoms with E-state index in [1.165, 1.54) is 25.0 Å². The van der Waals surface area contributed by atoms with E-state index in [0.717, 1.165) is 31.1 Å². The maximum absolute atomic E-state index is 13.2. The second kappa shape index (κ2) is 8.28. The topological polar surface area (TPSA) is 29.3 Å². The van der Waals surface area contributed by atoms with Crippen LogP contribution in [0.25, 0.3) is 0 Å². The minimum Gasteiger partial charge on any atom is -0.323 e. The van der Waals surface area contributed by atoms with E-state index in [0.29, 0.717) is 0 Å². The van der Waals surface area contributed by atoms with Crippen LogP contribution in [-0.2, 0) is 0 Å². The fraction of sp³-hybridized carbons (Fsp3) is 0.625. The highest BCUT2D eigenvalue weighted by molar-refractivity contribution is 5.20. The molecule has 0 radical (unpaired) electrons. The van der Waals surface area contributed by atoms with Gasteiger partial charge in [0.25, 0.3) is 0 Å². The molecule has 0 bridgehead atoms. The van der Waals surface area contributed by atoms with E-state index in [-0.39, 0.29) is 11.9 Å². The molecule has 1 unspecified atom stereocenters.